The second-order valence-electron chi connectivity index (χ2n) is 10.4. The maximum atomic E-state index is 9.55. The van der Waals surface area contributed by atoms with E-state index < -0.39 is 5.89 Å². The molecule has 0 atom stereocenters. The highest BCUT2D eigenvalue weighted by Gasteiger charge is 2.36. The van der Waals surface area contributed by atoms with Gasteiger partial charge in [-0.3, -0.25) is 0 Å². The van der Waals surface area contributed by atoms with Gasteiger partial charge in [-0.05, 0) is 81.9 Å². The average molecular weight is 445 g/mol. The topological polar surface area (TPSA) is 12.0 Å². The summed E-state index contributed by atoms with van der Waals surface area (Å²) in [5.74, 6) is -0.547. The monoisotopic (exact) mass is 444 g/mol. The van der Waals surface area contributed by atoms with Crippen LogP contribution in [0.25, 0.3) is 22.3 Å². The van der Waals surface area contributed by atoms with Gasteiger partial charge in [0.2, 0.25) is 0 Å². The van der Waals surface area contributed by atoms with Crippen molar-refractivity contribution in [3.05, 3.63) is 108 Å². The van der Waals surface area contributed by atoms with Gasteiger partial charge in [0.25, 0.3) is 0 Å². The molecular formula is C33H33N. The van der Waals surface area contributed by atoms with Crippen LogP contribution in [0.2, 0.25) is 0 Å². The van der Waals surface area contributed by atoms with Crippen LogP contribution >= 0.6 is 0 Å². The highest BCUT2D eigenvalue weighted by atomic mass is 14.9. The smallest absolute Gasteiger partial charge is 0.0423 e. The molecule has 6 rings (SSSR count). The predicted octanol–water partition coefficient (Wildman–Crippen LogP) is 9.45. The van der Waals surface area contributed by atoms with Gasteiger partial charge in [0.1, 0.15) is 0 Å². The van der Waals surface area contributed by atoms with E-state index >= 15 is 0 Å². The van der Waals surface area contributed by atoms with Gasteiger partial charge in [-0.2, -0.15) is 0 Å². The maximum absolute atomic E-state index is 9.55. The second kappa shape index (κ2) is 8.47. The van der Waals surface area contributed by atoms with Crippen molar-refractivity contribution < 1.29 is 1.37 Å². The van der Waals surface area contributed by atoms with E-state index in [1.807, 2.05) is 0 Å². The zero-order valence-corrected chi connectivity index (χ0v) is 20.2. The Hall–Kier alpha value is -3.32. The first-order chi connectivity index (χ1) is 17.0. The molecule has 0 saturated heterocycles. The van der Waals surface area contributed by atoms with Crippen LogP contribution in [0.15, 0.2) is 91.0 Å². The maximum Gasteiger partial charge on any atom is 0.0423 e. The van der Waals surface area contributed by atoms with Crippen molar-refractivity contribution in [2.45, 2.75) is 57.3 Å². The summed E-state index contributed by atoms with van der Waals surface area (Å²) in [5, 5.41) is 3.78. The molecule has 0 spiro atoms. The van der Waals surface area contributed by atoms with Crippen molar-refractivity contribution in [3.63, 3.8) is 0 Å². The minimum atomic E-state index is -0.547. The summed E-state index contributed by atoms with van der Waals surface area (Å²) in [6.07, 6.45) is 5.35. The summed E-state index contributed by atoms with van der Waals surface area (Å²) < 4.78 is 9.55. The van der Waals surface area contributed by atoms with Crippen LogP contribution in [0.5, 0.6) is 0 Å². The van der Waals surface area contributed by atoms with Crippen molar-refractivity contribution >= 4 is 11.4 Å². The summed E-state index contributed by atoms with van der Waals surface area (Å²) in [7, 11) is 0. The van der Waals surface area contributed by atoms with Crippen molar-refractivity contribution in [2.24, 2.45) is 0 Å². The minimum absolute atomic E-state index is 0.0610. The Bertz CT molecular complexity index is 1380. The van der Waals surface area contributed by atoms with Gasteiger partial charge in [-0.25, -0.2) is 0 Å². The van der Waals surface area contributed by atoms with Gasteiger partial charge in [0, 0.05) is 18.2 Å². The molecule has 0 aromatic heterocycles. The van der Waals surface area contributed by atoms with Crippen molar-refractivity contribution in [2.75, 3.05) is 5.32 Å². The zero-order valence-electron chi connectivity index (χ0n) is 21.2. The van der Waals surface area contributed by atoms with E-state index in [1.54, 1.807) is 0 Å². The van der Waals surface area contributed by atoms with Crippen LogP contribution in [0.4, 0.5) is 11.4 Å². The van der Waals surface area contributed by atoms with Crippen molar-refractivity contribution in [1.82, 2.24) is 0 Å². The van der Waals surface area contributed by atoms with Crippen molar-refractivity contribution in [3.8, 4) is 22.3 Å². The Labute approximate surface area is 205 Å². The van der Waals surface area contributed by atoms with Gasteiger partial charge in [0.05, 0.1) is 0 Å². The van der Waals surface area contributed by atoms with Gasteiger partial charge in [-0.1, -0.05) is 99.8 Å². The molecule has 2 aliphatic carbocycles. The number of benzene rings is 4. The van der Waals surface area contributed by atoms with E-state index in [4.69, 9.17) is 0 Å². The van der Waals surface area contributed by atoms with Gasteiger partial charge >= 0.3 is 0 Å². The number of rotatable bonds is 4. The van der Waals surface area contributed by atoms with E-state index in [9.17, 15) is 1.37 Å². The molecule has 1 N–H and O–H groups in total. The molecule has 1 nitrogen and oxygen atoms in total. The van der Waals surface area contributed by atoms with E-state index in [0.29, 0.717) is 0 Å². The van der Waals surface area contributed by atoms with Crippen LogP contribution in [-0.2, 0) is 5.41 Å². The van der Waals surface area contributed by atoms with Crippen LogP contribution in [0.1, 0.15) is 69.9 Å². The van der Waals surface area contributed by atoms with Gasteiger partial charge in [-0.15, -0.1) is 0 Å². The number of hydrogen-bond donors (Lipinski definition) is 1. The quantitative estimate of drug-likeness (QED) is 0.330. The molecule has 0 aliphatic heterocycles. The molecule has 0 bridgehead atoms. The predicted molar refractivity (Wildman–Crippen MR) is 145 cm³/mol. The average Bonchev–Trinajstić information content (AvgIpc) is 3.11. The summed E-state index contributed by atoms with van der Waals surface area (Å²) in [5.41, 5.74) is 11.0. The van der Waals surface area contributed by atoms with Crippen molar-refractivity contribution in [1.29, 1.82) is 0 Å². The standard InChI is InChI=1S/C33H33N/c1-33(2)30-19-10-9-18-27(30)29-21-28(24-14-7-4-8-15-24)32(22-31(29)33)34-26-17-11-16-25(20-26)23-12-5-3-6-13-23/h3,5-6,9-13,16-22,24,34H,4,7-8,14-15H2,1-2H3/i24D. The lowest BCUT2D eigenvalue weighted by Crippen LogP contribution is -2.16. The Morgan fingerprint density at radius 2 is 1.44 bits per heavy atom. The van der Waals surface area contributed by atoms with E-state index in [1.165, 1.54) is 39.8 Å². The fourth-order valence-corrected chi connectivity index (χ4v) is 5.95. The third kappa shape index (κ3) is 3.64. The Morgan fingerprint density at radius 1 is 0.706 bits per heavy atom. The molecule has 1 fully saturated rings. The van der Waals surface area contributed by atoms with Crippen LogP contribution < -0.4 is 5.32 Å². The molecule has 1 heteroatoms. The molecule has 0 amide bonds. The molecule has 1 saturated carbocycles. The molecule has 170 valence electrons. The molecule has 0 unspecified atom stereocenters. The Kier molecular flexibility index (Phi) is 5.01. The third-order valence-electron chi connectivity index (χ3n) is 7.81. The molecule has 0 radical (unpaired) electrons. The number of fused-ring (bicyclic) bond motifs is 3. The largest absolute Gasteiger partial charge is 0.355 e. The highest BCUT2D eigenvalue weighted by Crippen LogP contribution is 2.52. The van der Waals surface area contributed by atoms with Gasteiger partial charge < -0.3 is 5.32 Å². The van der Waals surface area contributed by atoms with E-state index in [0.717, 1.165) is 42.6 Å². The lowest BCUT2D eigenvalue weighted by Gasteiger charge is -2.28. The highest BCUT2D eigenvalue weighted by molar-refractivity contribution is 5.85. The number of anilines is 2. The fourth-order valence-electron chi connectivity index (χ4n) is 5.95. The van der Waals surface area contributed by atoms with Gasteiger partial charge in [0.15, 0.2) is 0 Å². The molecule has 0 heterocycles. The van der Waals surface area contributed by atoms with E-state index in [2.05, 4.69) is 110 Å². The van der Waals surface area contributed by atoms with Crippen LogP contribution in [0.3, 0.4) is 0 Å². The SMILES string of the molecule is [2H]C1(c2cc3c(cc2Nc2cccc(-c4ccccc4)c2)C(C)(C)c2ccccc2-3)CCCCC1. The van der Waals surface area contributed by atoms with E-state index in [-0.39, 0.29) is 5.41 Å². The minimum Gasteiger partial charge on any atom is -0.355 e. The number of nitrogens with one attached hydrogen (secondary N) is 1. The van der Waals surface area contributed by atoms with Crippen LogP contribution in [0, 0.1) is 0 Å². The Morgan fingerprint density at radius 3 is 2.26 bits per heavy atom. The third-order valence-corrected chi connectivity index (χ3v) is 7.81. The zero-order chi connectivity index (χ0) is 24.0. The molecule has 4 aromatic carbocycles. The summed E-state index contributed by atoms with van der Waals surface area (Å²) >= 11 is 0. The first kappa shape index (κ1) is 20.1. The molecule has 2 aliphatic rings. The second-order valence-corrected chi connectivity index (χ2v) is 10.4. The lowest BCUT2D eigenvalue weighted by atomic mass is 9.79. The molecular weight excluding hydrogens is 410 g/mol. The first-order valence-corrected chi connectivity index (χ1v) is 12.7. The summed E-state index contributed by atoms with van der Waals surface area (Å²) in [6, 6.07) is 32.7. The molecule has 4 aromatic rings. The van der Waals surface area contributed by atoms with Crippen LogP contribution in [-0.4, -0.2) is 0 Å². The molecule has 34 heavy (non-hydrogen) atoms. The normalized spacial score (nSPS) is 18.0. The lowest BCUT2D eigenvalue weighted by molar-refractivity contribution is 0.444. The summed E-state index contributed by atoms with van der Waals surface area (Å²) in [6.45, 7) is 4.66. The summed E-state index contributed by atoms with van der Waals surface area (Å²) in [4.78, 5) is 0. The Balaban J connectivity index is 1.49. The first-order valence-electron chi connectivity index (χ1n) is 13.2. The number of hydrogen-bond acceptors (Lipinski definition) is 1. The fraction of sp³-hybridized carbons (Fsp3) is 0.273.